The van der Waals surface area contributed by atoms with Crippen LogP contribution in [0.5, 0.6) is 17.2 Å². The van der Waals surface area contributed by atoms with Crippen molar-refractivity contribution < 1.29 is 23.8 Å². The molecule has 0 aliphatic carbocycles. The monoisotopic (exact) mass is 585 g/mol. The van der Waals surface area contributed by atoms with Crippen molar-refractivity contribution in [2.24, 2.45) is 10.8 Å². The van der Waals surface area contributed by atoms with Gasteiger partial charge in [0.15, 0.2) is 0 Å². The van der Waals surface area contributed by atoms with E-state index in [0.717, 1.165) is 47.4 Å². The highest BCUT2D eigenvalue weighted by Gasteiger charge is 2.25. The Kier molecular flexibility index (Phi) is 11.3. The first-order valence-corrected chi connectivity index (χ1v) is 15.0. The molecule has 0 spiro atoms. The lowest BCUT2D eigenvalue weighted by Crippen LogP contribution is -2.25. The van der Waals surface area contributed by atoms with E-state index in [4.69, 9.17) is 14.2 Å². The lowest BCUT2D eigenvalue weighted by Gasteiger charge is -2.20. The van der Waals surface area contributed by atoms with Gasteiger partial charge in [-0.1, -0.05) is 49.7 Å². The summed E-state index contributed by atoms with van der Waals surface area (Å²) in [5.41, 5.74) is 4.06. The van der Waals surface area contributed by atoms with Crippen molar-refractivity contribution in [1.29, 1.82) is 0 Å². The topological polar surface area (TPSA) is 65.1 Å². The van der Waals surface area contributed by atoms with Gasteiger partial charge >= 0.3 is 11.9 Å². The van der Waals surface area contributed by atoms with Gasteiger partial charge in [-0.3, -0.25) is 9.59 Å². The summed E-state index contributed by atoms with van der Waals surface area (Å²) in [4.78, 5) is 27.1. The number of rotatable bonds is 11. The molecule has 0 atom stereocenters. The molecule has 3 aromatic rings. The van der Waals surface area contributed by atoms with E-state index in [2.05, 4.69) is 24.0 Å². The van der Waals surface area contributed by atoms with E-state index in [9.17, 15) is 9.59 Å². The number of carbonyl (C=O) groups is 2. The molecular formula is C37H47NO5. The van der Waals surface area contributed by atoms with Crippen LogP contribution in [0.1, 0.15) is 78.0 Å². The molecule has 0 N–H and O–H groups in total. The van der Waals surface area contributed by atoms with Crippen LogP contribution in [0.2, 0.25) is 0 Å². The van der Waals surface area contributed by atoms with Gasteiger partial charge in [0.25, 0.3) is 0 Å². The van der Waals surface area contributed by atoms with Crippen LogP contribution in [0.4, 0.5) is 0 Å². The van der Waals surface area contributed by atoms with E-state index in [0.29, 0.717) is 18.1 Å². The Morgan fingerprint density at radius 2 is 1.16 bits per heavy atom. The van der Waals surface area contributed by atoms with Crippen LogP contribution in [0, 0.1) is 10.8 Å². The number of allylic oxidation sites excluding steroid dienone is 1. The molecule has 3 aromatic carbocycles. The Labute approximate surface area is 257 Å². The third-order valence-electron chi connectivity index (χ3n) is 6.72. The highest BCUT2D eigenvalue weighted by Crippen LogP contribution is 2.37. The summed E-state index contributed by atoms with van der Waals surface area (Å²) < 4.78 is 17.4. The molecule has 0 saturated heterocycles. The average Bonchev–Trinajstić information content (AvgIpc) is 2.93. The minimum Gasteiger partial charge on any atom is -0.492 e. The Morgan fingerprint density at radius 1 is 0.674 bits per heavy atom. The second kappa shape index (κ2) is 14.5. The summed E-state index contributed by atoms with van der Waals surface area (Å²) >= 11 is 0. The Hall–Kier alpha value is -3.90. The zero-order valence-corrected chi connectivity index (χ0v) is 27.2. The van der Waals surface area contributed by atoms with Crippen molar-refractivity contribution in [3.8, 4) is 17.2 Å². The third-order valence-corrected chi connectivity index (χ3v) is 6.72. The molecule has 230 valence electrons. The molecule has 6 heteroatoms. The second-order valence-electron chi connectivity index (χ2n) is 13.1. The second-order valence-corrected chi connectivity index (χ2v) is 13.1. The summed E-state index contributed by atoms with van der Waals surface area (Å²) in [6, 6.07) is 23.5. The van der Waals surface area contributed by atoms with Crippen LogP contribution >= 0.6 is 0 Å². The van der Waals surface area contributed by atoms with Crippen LogP contribution in [0.3, 0.4) is 0 Å². The maximum Gasteiger partial charge on any atom is 0.316 e. The first-order valence-electron chi connectivity index (χ1n) is 15.0. The van der Waals surface area contributed by atoms with E-state index in [1.807, 2.05) is 116 Å². The van der Waals surface area contributed by atoms with E-state index in [1.54, 1.807) is 0 Å². The molecule has 0 bridgehead atoms. The largest absolute Gasteiger partial charge is 0.492 e. The van der Waals surface area contributed by atoms with Gasteiger partial charge in [0.1, 0.15) is 23.9 Å². The van der Waals surface area contributed by atoms with Crippen LogP contribution in [-0.4, -0.2) is 44.1 Å². The molecule has 3 rings (SSSR count). The van der Waals surface area contributed by atoms with Gasteiger partial charge in [-0.15, -0.1) is 0 Å². The van der Waals surface area contributed by atoms with Crippen molar-refractivity contribution in [3.63, 3.8) is 0 Å². The van der Waals surface area contributed by atoms with E-state index < -0.39 is 10.8 Å². The fourth-order valence-electron chi connectivity index (χ4n) is 4.20. The minimum atomic E-state index is -0.601. The predicted molar refractivity (Wildman–Crippen MR) is 174 cm³/mol. The fourth-order valence-corrected chi connectivity index (χ4v) is 4.20. The van der Waals surface area contributed by atoms with Crippen molar-refractivity contribution in [3.05, 3.63) is 89.5 Å². The first kappa shape index (κ1) is 33.6. The summed E-state index contributed by atoms with van der Waals surface area (Å²) in [5, 5.41) is 0. The lowest BCUT2D eigenvalue weighted by molar-refractivity contribution is -0.143. The van der Waals surface area contributed by atoms with Crippen molar-refractivity contribution in [2.45, 2.75) is 61.3 Å². The van der Waals surface area contributed by atoms with Crippen LogP contribution in [0.15, 0.2) is 72.8 Å². The zero-order valence-electron chi connectivity index (χ0n) is 27.2. The molecular weight excluding hydrogens is 538 g/mol. The van der Waals surface area contributed by atoms with Crippen molar-refractivity contribution >= 4 is 23.1 Å². The number of esters is 2. The maximum absolute atomic E-state index is 12.5. The third kappa shape index (κ3) is 9.82. The number of hydrogen-bond acceptors (Lipinski definition) is 6. The van der Waals surface area contributed by atoms with Gasteiger partial charge in [-0.05, 0) is 126 Å². The normalized spacial score (nSPS) is 11.7. The number of nitrogens with zero attached hydrogens (tertiary/aromatic N) is 1. The zero-order chi connectivity index (χ0) is 31.8. The fraction of sp³-hybridized carbons (Fsp3) is 0.405. The lowest BCUT2D eigenvalue weighted by atomic mass is 9.87. The first-order chi connectivity index (χ1) is 20.2. The van der Waals surface area contributed by atoms with Crippen molar-refractivity contribution in [2.75, 3.05) is 27.2 Å². The van der Waals surface area contributed by atoms with Crippen LogP contribution in [-0.2, 0) is 9.59 Å². The van der Waals surface area contributed by atoms with Gasteiger partial charge in [0.05, 0.1) is 10.8 Å². The standard InChI is InChI=1S/C37H47NO5/c1-10-12-32(28-13-11-14-31(25-28)41-24-23-38(8)9)33(26-15-19-29(20-16-26)42-34(39)36(2,3)4)27-17-21-30(22-18-27)43-35(40)37(5,6)7/h11,13-22,25H,10,12,23-24H2,1-9H3. The van der Waals surface area contributed by atoms with E-state index >= 15 is 0 Å². The number of likely N-dealkylation sites (N-methyl/N-ethyl adjacent to an activating group) is 1. The SMILES string of the molecule is CCCC(=C(c1ccc(OC(=O)C(C)(C)C)cc1)c1ccc(OC(=O)C(C)(C)C)cc1)c1cccc(OCCN(C)C)c1. The number of ether oxygens (including phenoxy) is 3. The quantitative estimate of drug-likeness (QED) is 0.128. The summed E-state index contributed by atoms with van der Waals surface area (Å²) in [6.07, 6.45) is 1.77. The van der Waals surface area contributed by atoms with Gasteiger partial charge in [0.2, 0.25) is 0 Å². The number of hydrogen-bond donors (Lipinski definition) is 0. The molecule has 0 unspecified atom stereocenters. The molecule has 0 heterocycles. The van der Waals surface area contributed by atoms with E-state index in [-0.39, 0.29) is 11.9 Å². The molecule has 0 aliphatic heterocycles. The Morgan fingerprint density at radius 3 is 1.58 bits per heavy atom. The molecule has 0 amide bonds. The summed E-state index contributed by atoms with van der Waals surface area (Å²) in [7, 11) is 4.05. The molecule has 6 nitrogen and oxygen atoms in total. The number of carbonyl (C=O) groups excluding carboxylic acids is 2. The predicted octanol–water partition coefficient (Wildman–Crippen LogP) is 8.29. The average molecular weight is 586 g/mol. The van der Waals surface area contributed by atoms with Crippen LogP contribution in [0.25, 0.3) is 11.1 Å². The van der Waals surface area contributed by atoms with Gasteiger partial charge < -0.3 is 19.1 Å². The molecule has 0 radical (unpaired) electrons. The van der Waals surface area contributed by atoms with Gasteiger partial charge in [-0.25, -0.2) is 0 Å². The van der Waals surface area contributed by atoms with Crippen molar-refractivity contribution in [1.82, 2.24) is 4.90 Å². The highest BCUT2D eigenvalue weighted by atomic mass is 16.5. The molecule has 0 aliphatic rings. The molecule has 0 aromatic heterocycles. The molecule has 43 heavy (non-hydrogen) atoms. The smallest absolute Gasteiger partial charge is 0.316 e. The molecule has 0 fully saturated rings. The van der Waals surface area contributed by atoms with Gasteiger partial charge in [0, 0.05) is 6.54 Å². The number of benzene rings is 3. The molecule has 0 saturated carbocycles. The van der Waals surface area contributed by atoms with E-state index in [1.165, 1.54) is 5.57 Å². The minimum absolute atomic E-state index is 0.283. The van der Waals surface area contributed by atoms with Crippen LogP contribution < -0.4 is 14.2 Å². The maximum atomic E-state index is 12.5. The van der Waals surface area contributed by atoms with Gasteiger partial charge in [-0.2, -0.15) is 0 Å². The summed E-state index contributed by atoms with van der Waals surface area (Å²) in [6.45, 7) is 14.6. The Balaban J connectivity index is 2.11. The summed E-state index contributed by atoms with van der Waals surface area (Å²) in [5.74, 6) is 1.26. The Bertz CT molecular complexity index is 1330. The highest BCUT2D eigenvalue weighted by molar-refractivity contribution is 5.99.